The Hall–Kier alpha value is -4.13. The van der Waals surface area contributed by atoms with E-state index in [2.05, 4.69) is 0 Å². The van der Waals surface area contributed by atoms with E-state index in [1.54, 1.807) is 30.3 Å². The van der Waals surface area contributed by atoms with E-state index in [0.717, 1.165) is 0 Å². The number of ether oxygens (including phenoxy) is 5. The number of hydrogen-bond donors (Lipinski definition) is 2. The minimum absolute atomic E-state index is 0.0329. The maximum absolute atomic E-state index is 13.9. The second kappa shape index (κ2) is 8.81. The Morgan fingerprint density at radius 2 is 1.52 bits per heavy atom. The Morgan fingerprint density at radius 3 is 2.17 bits per heavy atom. The van der Waals surface area contributed by atoms with Gasteiger partial charge in [0.15, 0.2) is 17.5 Å². The van der Waals surface area contributed by atoms with Gasteiger partial charge in [0.25, 0.3) is 0 Å². The lowest BCUT2D eigenvalue weighted by Gasteiger charge is -2.48. The molecule has 2 saturated carbocycles. The monoisotopic (exact) mass is 632 g/mol. The number of carbonyl (C=O) groups is 5. The molecular weight excluding hydrogens is 600 g/mol. The highest BCUT2D eigenvalue weighted by Crippen LogP contribution is 2.84. The van der Waals surface area contributed by atoms with Crippen LogP contribution in [0.3, 0.4) is 0 Å². The predicted octanol–water partition coefficient (Wildman–Crippen LogP) is 1.73. The highest BCUT2D eigenvalue weighted by atomic mass is 16.8. The molecule has 240 valence electrons. The van der Waals surface area contributed by atoms with Crippen molar-refractivity contribution < 1.29 is 57.9 Å². The first-order chi connectivity index (χ1) is 21.7. The van der Waals surface area contributed by atoms with E-state index < -0.39 is 93.9 Å². The van der Waals surface area contributed by atoms with E-state index in [1.165, 1.54) is 31.2 Å². The van der Waals surface area contributed by atoms with Crippen molar-refractivity contribution in [3.05, 3.63) is 71.3 Å². The van der Waals surface area contributed by atoms with Crippen molar-refractivity contribution in [2.75, 3.05) is 0 Å². The summed E-state index contributed by atoms with van der Waals surface area (Å²) in [7, 11) is 0. The minimum Gasteiger partial charge on any atom is -0.459 e. The maximum atomic E-state index is 13.9. The first-order valence-corrected chi connectivity index (χ1v) is 15.3. The van der Waals surface area contributed by atoms with Gasteiger partial charge in [-0.05, 0) is 36.8 Å². The third-order valence-electron chi connectivity index (χ3n) is 11.6. The summed E-state index contributed by atoms with van der Waals surface area (Å²) in [5, 5.41) is 24.5. The molecule has 0 bridgehead atoms. The molecule has 6 fully saturated rings. The maximum Gasteiger partial charge on any atom is 0.350 e. The number of aliphatic hydroxyl groups excluding tert-OH is 1. The number of hydrogen-bond acceptors (Lipinski definition) is 12. The average molecular weight is 633 g/mol. The van der Waals surface area contributed by atoms with Crippen LogP contribution in [0.1, 0.15) is 60.4 Å². The van der Waals surface area contributed by atoms with Gasteiger partial charge in [0.05, 0.1) is 22.3 Å². The SMILES string of the molecule is C[C@@H]1C(=O)OC2[C@H](O)C34C5C[C@@H](C(C)(C)C)C36C(OC(=O)[C@@H]6OC(=O)c3ccc(C(=O)c6ccccc6)cc3)O[C@]4(C(=O)O5)[C@]21O. The molecule has 5 unspecified atom stereocenters. The summed E-state index contributed by atoms with van der Waals surface area (Å²) in [5.41, 5.74) is -8.19. The molecule has 6 aliphatic rings. The third kappa shape index (κ3) is 2.91. The van der Waals surface area contributed by atoms with Crippen LogP contribution in [0.4, 0.5) is 0 Å². The molecule has 2 aliphatic carbocycles. The standard InChI is InChI=1S/C34H32O12/c1-15-25(37)43-23-22(36)32-20-14-19(30(2,3)4)31(32)24(27(39)45-29(31)46-34(32,28(40)42-20)33(15,23)41)44-26(38)18-12-10-17(11-13-18)21(35)16-8-6-5-7-9-16/h5-13,15,19-20,22-24,29,36,41H,14H2,1-4H3/t15-,19+,20?,22+,23?,24+,29?,31?,32?,33-,34+/m1/s1. The highest BCUT2D eigenvalue weighted by molar-refractivity contribution is 6.09. The van der Waals surface area contributed by atoms with Crippen molar-refractivity contribution in [3.63, 3.8) is 0 Å². The molecule has 0 radical (unpaired) electrons. The molecule has 4 saturated heterocycles. The zero-order valence-corrected chi connectivity index (χ0v) is 25.4. The molecule has 2 aromatic rings. The fourth-order valence-corrected chi connectivity index (χ4v) is 9.93. The van der Waals surface area contributed by atoms with Crippen molar-refractivity contribution in [1.82, 2.24) is 0 Å². The predicted molar refractivity (Wildman–Crippen MR) is 152 cm³/mol. The van der Waals surface area contributed by atoms with E-state index in [-0.39, 0.29) is 17.8 Å². The van der Waals surface area contributed by atoms with Gasteiger partial charge in [-0.2, -0.15) is 0 Å². The molecule has 4 aliphatic heterocycles. The normalized spacial score (nSPS) is 42.9. The summed E-state index contributed by atoms with van der Waals surface area (Å²) in [6.07, 6.45) is -7.54. The smallest absolute Gasteiger partial charge is 0.350 e. The topological polar surface area (TPSA) is 172 Å². The number of benzene rings is 2. The molecule has 0 aromatic heterocycles. The molecule has 2 spiro atoms. The van der Waals surface area contributed by atoms with Gasteiger partial charge >= 0.3 is 23.9 Å². The van der Waals surface area contributed by atoms with Gasteiger partial charge in [-0.1, -0.05) is 63.2 Å². The Balaban J connectivity index is 1.23. The fourth-order valence-electron chi connectivity index (χ4n) is 9.93. The summed E-state index contributed by atoms with van der Waals surface area (Å²) < 4.78 is 29.5. The molecule has 46 heavy (non-hydrogen) atoms. The number of aliphatic hydroxyl groups is 2. The van der Waals surface area contributed by atoms with Crippen LogP contribution in [0.25, 0.3) is 0 Å². The average Bonchev–Trinajstić information content (AvgIpc) is 3.75. The Morgan fingerprint density at radius 1 is 0.891 bits per heavy atom. The summed E-state index contributed by atoms with van der Waals surface area (Å²) >= 11 is 0. The zero-order chi connectivity index (χ0) is 32.8. The lowest BCUT2D eigenvalue weighted by molar-refractivity contribution is -0.239. The Labute approximate surface area is 262 Å². The molecule has 2 aromatic carbocycles. The Bertz CT molecular complexity index is 1730. The van der Waals surface area contributed by atoms with Crippen molar-refractivity contribution in [2.24, 2.45) is 28.1 Å². The number of carbonyl (C=O) groups excluding carboxylic acids is 5. The number of fused-ring (bicyclic) bond motifs is 1. The summed E-state index contributed by atoms with van der Waals surface area (Å²) in [4.78, 5) is 67.1. The second-order valence-electron chi connectivity index (χ2n) is 14.3. The molecular formula is C34H32O12. The number of ketones is 1. The van der Waals surface area contributed by atoms with Gasteiger partial charge in [-0.15, -0.1) is 0 Å². The first-order valence-electron chi connectivity index (χ1n) is 15.3. The van der Waals surface area contributed by atoms with Gasteiger partial charge in [0.2, 0.25) is 18.0 Å². The van der Waals surface area contributed by atoms with E-state index in [1.807, 2.05) is 20.8 Å². The largest absolute Gasteiger partial charge is 0.459 e. The van der Waals surface area contributed by atoms with Crippen LogP contribution >= 0.6 is 0 Å². The summed E-state index contributed by atoms with van der Waals surface area (Å²) in [5.74, 6) is -5.89. The van der Waals surface area contributed by atoms with Crippen molar-refractivity contribution in [1.29, 1.82) is 0 Å². The fraction of sp³-hybridized carbons (Fsp3) is 0.500. The molecule has 11 atom stereocenters. The lowest BCUT2D eigenvalue weighted by Crippen LogP contribution is -2.67. The van der Waals surface area contributed by atoms with Gasteiger partial charge in [0, 0.05) is 11.1 Å². The van der Waals surface area contributed by atoms with Crippen LogP contribution in [0.15, 0.2) is 54.6 Å². The minimum atomic E-state index is -2.37. The van der Waals surface area contributed by atoms with E-state index >= 15 is 0 Å². The summed E-state index contributed by atoms with van der Waals surface area (Å²) in [6, 6.07) is 14.4. The van der Waals surface area contributed by atoms with Crippen molar-refractivity contribution in [2.45, 2.75) is 76.0 Å². The quantitative estimate of drug-likeness (QED) is 0.285. The first kappa shape index (κ1) is 29.3. The van der Waals surface area contributed by atoms with Crippen LogP contribution < -0.4 is 0 Å². The second-order valence-corrected chi connectivity index (χ2v) is 14.3. The van der Waals surface area contributed by atoms with Crippen molar-refractivity contribution in [3.8, 4) is 0 Å². The third-order valence-corrected chi connectivity index (χ3v) is 11.6. The van der Waals surface area contributed by atoms with Gasteiger partial charge < -0.3 is 33.9 Å². The molecule has 8 rings (SSSR count). The zero-order valence-electron chi connectivity index (χ0n) is 25.4. The van der Waals surface area contributed by atoms with Crippen molar-refractivity contribution >= 4 is 29.7 Å². The van der Waals surface area contributed by atoms with Gasteiger partial charge in [-0.3, -0.25) is 9.59 Å². The van der Waals surface area contributed by atoms with Crippen LogP contribution in [0.2, 0.25) is 0 Å². The van der Waals surface area contributed by atoms with Crippen LogP contribution in [0, 0.1) is 28.1 Å². The molecule has 0 amide bonds. The highest BCUT2D eigenvalue weighted by Gasteiger charge is 3.04. The van der Waals surface area contributed by atoms with Crippen LogP contribution in [-0.2, 0) is 38.1 Å². The molecule has 2 N–H and O–H groups in total. The number of esters is 4. The van der Waals surface area contributed by atoms with Gasteiger partial charge in [0.1, 0.15) is 12.2 Å². The molecule has 12 heteroatoms. The number of rotatable bonds is 4. The van der Waals surface area contributed by atoms with Crippen LogP contribution in [0.5, 0.6) is 0 Å². The van der Waals surface area contributed by atoms with Crippen LogP contribution in [-0.4, -0.2) is 81.8 Å². The summed E-state index contributed by atoms with van der Waals surface area (Å²) in [6.45, 7) is 7.06. The van der Waals surface area contributed by atoms with E-state index in [4.69, 9.17) is 23.7 Å². The van der Waals surface area contributed by atoms with E-state index in [9.17, 15) is 34.2 Å². The molecule has 12 nitrogen and oxygen atoms in total. The van der Waals surface area contributed by atoms with Gasteiger partial charge in [-0.25, -0.2) is 14.4 Å². The molecule has 4 heterocycles. The van der Waals surface area contributed by atoms with E-state index in [0.29, 0.717) is 11.1 Å². The lowest BCUT2D eigenvalue weighted by atomic mass is 9.51. The Kier molecular flexibility index (Phi) is 5.61.